The molecule has 0 aliphatic carbocycles. The van der Waals surface area contributed by atoms with Gasteiger partial charge in [0.05, 0.1) is 5.02 Å². The van der Waals surface area contributed by atoms with Crippen molar-refractivity contribution in [1.29, 1.82) is 0 Å². The van der Waals surface area contributed by atoms with Gasteiger partial charge in [0.1, 0.15) is 0 Å². The van der Waals surface area contributed by atoms with E-state index < -0.39 is 0 Å². The van der Waals surface area contributed by atoms with Gasteiger partial charge in [0, 0.05) is 30.5 Å². The van der Waals surface area contributed by atoms with E-state index in [1.165, 1.54) is 0 Å². The summed E-state index contributed by atoms with van der Waals surface area (Å²) in [6.45, 7) is 2.07. The summed E-state index contributed by atoms with van der Waals surface area (Å²) >= 11 is 5.88. The van der Waals surface area contributed by atoms with Gasteiger partial charge in [0.2, 0.25) is 0 Å². The average Bonchev–Trinajstić information content (AvgIpc) is 2.72. The second-order valence-corrected chi connectivity index (χ2v) is 7.12. The highest BCUT2D eigenvalue weighted by atomic mass is 35.5. The van der Waals surface area contributed by atoms with Crippen molar-refractivity contribution in [3.8, 4) is 11.1 Å². The van der Waals surface area contributed by atoms with Crippen molar-refractivity contribution in [2.75, 3.05) is 7.05 Å². The summed E-state index contributed by atoms with van der Waals surface area (Å²) in [6.07, 6.45) is 3.30. The summed E-state index contributed by atoms with van der Waals surface area (Å²) in [4.78, 5) is 19.3. The van der Waals surface area contributed by atoms with Crippen molar-refractivity contribution < 1.29 is 4.79 Å². The van der Waals surface area contributed by atoms with Gasteiger partial charge in [0.15, 0.2) is 0 Å². The molecule has 138 valence electrons. The smallest absolute Gasteiger partial charge is 0.254 e. The first-order valence-electron chi connectivity index (χ1n) is 9.08. The van der Waals surface area contributed by atoms with Gasteiger partial charge in [-0.15, -0.1) is 0 Å². The van der Waals surface area contributed by atoms with Gasteiger partial charge in [-0.05, 0) is 49.1 Å². The number of rotatable bonds is 6. The van der Waals surface area contributed by atoms with Crippen LogP contribution in [0, 0.1) is 0 Å². The van der Waals surface area contributed by atoms with Gasteiger partial charge in [-0.3, -0.25) is 9.78 Å². The van der Waals surface area contributed by atoms with E-state index in [1.54, 1.807) is 6.20 Å². The van der Waals surface area contributed by atoms with Crippen molar-refractivity contribution in [1.82, 2.24) is 9.88 Å². The monoisotopic (exact) mass is 378 g/mol. The fourth-order valence-corrected chi connectivity index (χ4v) is 3.15. The van der Waals surface area contributed by atoms with E-state index in [1.807, 2.05) is 78.7 Å². The minimum atomic E-state index is 0.0334. The molecule has 0 radical (unpaired) electrons. The minimum Gasteiger partial charge on any atom is -0.339 e. The van der Waals surface area contributed by atoms with Gasteiger partial charge in [0.25, 0.3) is 5.91 Å². The highest BCUT2D eigenvalue weighted by molar-refractivity contribution is 6.30. The maximum atomic E-state index is 13.1. The maximum absolute atomic E-state index is 13.1. The molecule has 4 heteroatoms. The Morgan fingerprint density at radius 3 is 2.44 bits per heavy atom. The Hall–Kier alpha value is -2.65. The molecule has 0 aliphatic heterocycles. The highest BCUT2D eigenvalue weighted by Gasteiger charge is 2.20. The zero-order valence-electron chi connectivity index (χ0n) is 15.6. The Morgan fingerprint density at radius 2 is 1.74 bits per heavy atom. The van der Waals surface area contributed by atoms with Gasteiger partial charge < -0.3 is 4.90 Å². The zero-order valence-corrected chi connectivity index (χ0v) is 16.4. The number of carbonyl (C=O) groups excluding carboxylic acids is 1. The number of halogens is 1. The fraction of sp³-hybridized carbons (Fsp3) is 0.217. The Morgan fingerprint density at radius 1 is 1.04 bits per heavy atom. The first kappa shape index (κ1) is 19.1. The molecule has 3 aromatic rings. The lowest BCUT2D eigenvalue weighted by atomic mass is 9.98. The molecular weight excluding hydrogens is 356 g/mol. The number of aryl methyl sites for hydroxylation is 1. The van der Waals surface area contributed by atoms with Crippen LogP contribution in [0.15, 0.2) is 72.9 Å². The van der Waals surface area contributed by atoms with Crippen molar-refractivity contribution in [2.24, 2.45) is 0 Å². The molecule has 1 atom stereocenters. The molecule has 1 amide bonds. The number of nitrogens with zero attached hydrogens (tertiary/aromatic N) is 2. The number of aromatic nitrogens is 1. The molecule has 0 bridgehead atoms. The molecular formula is C23H23ClN2O. The number of pyridine rings is 1. The highest BCUT2D eigenvalue weighted by Crippen LogP contribution is 2.25. The first-order chi connectivity index (χ1) is 13.1. The quantitative estimate of drug-likeness (QED) is 0.567. The van der Waals surface area contributed by atoms with Crippen LogP contribution in [0.2, 0.25) is 5.02 Å². The third kappa shape index (κ3) is 4.75. The van der Waals surface area contributed by atoms with Crippen LogP contribution in [0.3, 0.4) is 0 Å². The van der Waals surface area contributed by atoms with E-state index in [0.717, 1.165) is 35.2 Å². The standard InChI is InChI=1S/C23H23ClN2O/c1-17(12-14-20-15-13-19(24)16-25-20)26(2)23(27)22-11-7-6-10-21(22)18-8-4-3-5-9-18/h3-11,13,15-17H,12,14H2,1-2H3/t17-/m0/s1. The lowest BCUT2D eigenvalue weighted by Gasteiger charge is -2.26. The lowest BCUT2D eigenvalue weighted by molar-refractivity contribution is 0.0738. The third-order valence-corrected chi connectivity index (χ3v) is 5.05. The topological polar surface area (TPSA) is 33.2 Å². The van der Waals surface area contributed by atoms with Crippen LogP contribution in [-0.4, -0.2) is 28.9 Å². The van der Waals surface area contributed by atoms with Crippen molar-refractivity contribution in [3.05, 3.63) is 89.2 Å². The number of carbonyl (C=O) groups is 1. The van der Waals surface area contributed by atoms with Crippen LogP contribution >= 0.6 is 11.6 Å². The molecule has 0 spiro atoms. The summed E-state index contributed by atoms with van der Waals surface area (Å²) in [7, 11) is 1.87. The molecule has 3 nitrogen and oxygen atoms in total. The van der Waals surface area contributed by atoms with Gasteiger partial charge in [-0.25, -0.2) is 0 Å². The molecule has 0 saturated carbocycles. The number of amides is 1. The summed E-state index contributed by atoms with van der Waals surface area (Å²) in [5.41, 5.74) is 3.72. The molecule has 0 aliphatic rings. The van der Waals surface area contributed by atoms with Crippen LogP contribution in [0.4, 0.5) is 0 Å². The summed E-state index contributed by atoms with van der Waals surface area (Å²) in [6, 6.07) is 21.7. The van der Waals surface area contributed by atoms with Crippen LogP contribution in [0.25, 0.3) is 11.1 Å². The van der Waals surface area contributed by atoms with Crippen molar-refractivity contribution in [2.45, 2.75) is 25.8 Å². The van der Waals surface area contributed by atoms with Crippen LogP contribution in [0.1, 0.15) is 29.4 Å². The normalized spacial score (nSPS) is 11.8. The molecule has 0 fully saturated rings. The Balaban J connectivity index is 1.72. The molecule has 1 aromatic heterocycles. The first-order valence-corrected chi connectivity index (χ1v) is 9.46. The Labute approximate surface area is 165 Å². The maximum Gasteiger partial charge on any atom is 0.254 e. The predicted molar refractivity (Wildman–Crippen MR) is 111 cm³/mol. The lowest BCUT2D eigenvalue weighted by Crippen LogP contribution is -2.35. The predicted octanol–water partition coefficient (Wildman–Crippen LogP) is 5.50. The largest absolute Gasteiger partial charge is 0.339 e. The molecule has 0 unspecified atom stereocenters. The van der Waals surface area contributed by atoms with Crippen LogP contribution < -0.4 is 0 Å². The van der Waals surface area contributed by atoms with E-state index in [0.29, 0.717) is 5.02 Å². The second kappa shape index (κ2) is 8.83. The van der Waals surface area contributed by atoms with E-state index >= 15 is 0 Å². The summed E-state index contributed by atoms with van der Waals surface area (Å²) in [5.74, 6) is 0.0334. The van der Waals surface area contributed by atoms with Crippen LogP contribution in [-0.2, 0) is 6.42 Å². The molecule has 1 heterocycles. The van der Waals surface area contributed by atoms with E-state index in [2.05, 4.69) is 11.9 Å². The summed E-state index contributed by atoms with van der Waals surface area (Å²) in [5, 5.41) is 0.636. The van der Waals surface area contributed by atoms with E-state index in [9.17, 15) is 4.79 Å². The van der Waals surface area contributed by atoms with E-state index in [4.69, 9.17) is 11.6 Å². The Bertz CT molecular complexity index is 894. The number of hydrogen-bond acceptors (Lipinski definition) is 2. The minimum absolute atomic E-state index is 0.0334. The molecule has 2 aromatic carbocycles. The van der Waals surface area contributed by atoms with Crippen molar-refractivity contribution >= 4 is 17.5 Å². The van der Waals surface area contributed by atoms with E-state index in [-0.39, 0.29) is 11.9 Å². The molecule has 0 saturated heterocycles. The van der Waals surface area contributed by atoms with Crippen molar-refractivity contribution in [3.63, 3.8) is 0 Å². The third-order valence-electron chi connectivity index (χ3n) is 4.83. The Kier molecular flexibility index (Phi) is 6.25. The fourth-order valence-electron chi connectivity index (χ4n) is 3.03. The summed E-state index contributed by atoms with van der Waals surface area (Å²) < 4.78 is 0. The van der Waals surface area contributed by atoms with Gasteiger partial charge >= 0.3 is 0 Å². The van der Waals surface area contributed by atoms with Gasteiger partial charge in [-0.2, -0.15) is 0 Å². The molecule has 27 heavy (non-hydrogen) atoms. The average molecular weight is 379 g/mol. The second-order valence-electron chi connectivity index (χ2n) is 6.68. The SMILES string of the molecule is C[C@@H](CCc1ccc(Cl)cn1)N(C)C(=O)c1ccccc1-c1ccccc1. The molecule has 0 N–H and O–H groups in total. The van der Waals surface area contributed by atoms with Gasteiger partial charge in [-0.1, -0.05) is 60.1 Å². The molecule has 3 rings (SSSR count). The van der Waals surface area contributed by atoms with Crippen LogP contribution in [0.5, 0.6) is 0 Å². The number of hydrogen-bond donors (Lipinski definition) is 0. The number of benzene rings is 2. The zero-order chi connectivity index (χ0) is 19.2.